The standard InChI is InChI=1S/C24H28N6/c1-5-16-10-19(24-21(11-16)25-9-8-15(2)27-24)17-6-7-22-20(12-17)23(28-30(22)4)18-13-26-29(3)14-18/h6-7,10-15,25,27H,5,8-9H2,1-4H3. The normalized spacial score (nSPS) is 16.1. The first-order chi connectivity index (χ1) is 14.5. The Morgan fingerprint density at radius 1 is 1.13 bits per heavy atom. The van der Waals surface area contributed by atoms with E-state index in [1.54, 1.807) is 0 Å². The van der Waals surface area contributed by atoms with Gasteiger partial charge in [-0.3, -0.25) is 9.36 Å². The Balaban J connectivity index is 1.72. The first-order valence-electron chi connectivity index (χ1n) is 10.7. The highest BCUT2D eigenvalue weighted by Crippen LogP contribution is 2.40. The lowest BCUT2D eigenvalue weighted by atomic mass is 9.96. The minimum absolute atomic E-state index is 0.429. The van der Waals surface area contributed by atoms with Crippen LogP contribution in [-0.4, -0.2) is 32.1 Å². The monoisotopic (exact) mass is 400 g/mol. The second-order valence-corrected chi connectivity index (χ2v) is 8.29. The fraction of sp³-hybridized carbons (Fsp3) is 0.333. The van der Waals surface area contributed by atoms with E-state index in [2.05, 4.69) is 59.9 Å². The van der Waals surface area contributed by atoms with Crippen molar-refractivity contribution in [2.24, 2.45) is 14.1 Å². The average Bonchev–Trinajstić information content (AvgIpc) is 3.25. The van der Waals surface area contributed by atoms with Crippen molar-refractivity contribution in [3.05, 3.63) is 48.3 Å². The van der Waals surface area contributed by atoms with Gasteiger partial charge in [0.1, 0.15) is 5.69 Å². The zero-order valence-corrected chi connectivity index (χ0v) is 18.0. The summed E-state index contributed by atoms with van der Waals surface area (Å²) >= 11 is 0. The van der Waals surface area contributed by atoms with Gasteiger partial charge in [0, 0.05) is 49.4 Å². The molecule has 1 atom stereocenters. The number of aromatic nitrogens is 4. The summed E-state index contributed by atoms with van der Waals surface area (Å²) in [5.41, 5.74) is 9.32. The minimum atomic E-state index is 0.429. The maximum Gasteiger partial charge on any atom is 0.103 e. The number of aryl methyl sites for hydroxylation is 3. The van der Waals surface area contributed by atoms with Crippen LogP contribution in [0, 0.1) is 0 Å². The lowest BCUT2D eigenvalue weighted by molar-refractivity contribution is 0.746. The Hall–Kier alpha value is -3.28. The van der Waals surface area contributed by atoms with Crippen molar-refractivity contribution in [3.63, 3.8) is 0 Å². The van der Waals surface area contributed by atoms with E-state index in [0.29, 0.717) is 6.04 Å². The lowest BCUT2D eigenvalue weighted by Crippen LogP contribution is -2.15. The summed E-state index contributed by atoms with van der Waals surface area (Å²) < 4.78 is 3.77. The fourth-order valence-corrected chi connectivity index (χ4v) is 4.36. The van der Waals surface area contributed by atoms with Crippen molar-refractivity contribution in [2.45, 2.75) is 32.7 Å². The Morgan fingerprint density at radius 3 is 2.77 bits per heavy atom. The van der Waals surface area contributed by atoms with Crippen LogP contribution in [0.5, 0.6) is 0 Å². The molecule has 1 aliphatic rings. The number of rotatable bonds is 3. The smallest absolute Gasteiger partial charge is 0.103 e. The predicted octanol–water partition coefficient (Wildman–Crippen LogP) is 4.82. The number of nitrogens with one attached hydrogen (secondary N) is 2. The van der Waals surface area contributed by atoms with Crippen molar-refractivity contribution in [2.75, 3.05) is 17.2 Å². The number of hydrogen-bond donors (Lipinski definition) is 2. The van der Waals surface area contributed by atoms with E-state index in [-0.39, 0.29) is 0 Å². The van der Waals surface area contributed by atoms with Crippen LogP contribution in [0.2, 0.25) is 0 Å². The summed E-state index contributed by atoms with van der Waals surface area (Å²) in [4.78, 5) is 0. The maximum atomic E-state index is 4.79. The van der Waals surface area contributed by atoms with Crippen LogP contribution < -0.4 is 10.6 Å². The largest absolute Gasteiger partial charge is 0.383 e. The van der Waals surface area contributed by atoms with E-state index < -0.39 is 0 Å². The number of hydrogen-bond acceptors (Lipinski definition) is 4. The molecule has 1 unspecified atom stereocenters. The van der Waals surface area contributed by atoms with E-state index in [9.17, 15) is 0 Å². The molecular weight excluding hydrogens is 372 g/mol. The molecule has 0 fully saturated rings. The molecule has 154 valence electrons. The summed E-state index contributed by atoms with van der Waals surface area (Å²) in [6, 6.07) is 11.7. The Morgan fingerprint density at radius 2 is 2.00 bits per heavy atom. The van der Waals surface area contributed by atoms with Gasteiger partial charge >= 0.3 is 0 Å². The van der Waals surface area contributed by atoms with Crippen LogP contribution in [0.1, 0.15) is 25.8 Å². The molecule has 0 amide bonds. The fourth-order valence-electron chi connectivity index (χ4n) is 4.36. The van der Waals surface area contributed by atoms with Crippen LogP contribution in [0.15, 0.2) is 42.7 Å². The summed E-state index contributed by atoms with van der Waals surface area (Å²) in [5.74, 6) is 0. The molecule has 0 aliphatic carbocycles. The van der Waals surface area contributed by atoms with Gasteiger partial charge in [0.25, 0.3) is 0 Å². The van der Waals surface area contributed by atoms with Gasteiger partial charge in [-0.15, -0.1) is 0 Å². The maximum absolute atomic E-state index is 4.79. The zero-order valence-electron chi connectivity index (χ0n) is 18.0. The third-order valence-corrected chi connectivity index (χ3v) is 6.03. The Kier molecular flexibility index (Phi) is 4.50. The molecule has 1 aliphatic heterocycles. The molecule has 6 heteroatoms. The van der Waals surface area contributed by atoms with Crippen LogP contribution in [0.25, 0.3) is 33.3 Å². The molecule has 0 saturated carbocycles. The van der Waals surface area contributed by atoms with Crippen LogP contribution in [0.3, 0.4) is 0 Å². The van der Waals surface area contributed by atoms with Gasteiger partial charge in [-0.1, -0.05) is 13.0 Å². The minimum Gasteiger partial charge on any atom is -0.383 e. The molecule has 0 spiro atoms. The van der Waals surface area contributed by atoms with E-state index in [0.717, 1.165) is 41.5 Å². The molecule has 5 rings (SSSR count). The van der Waals surface area contributed by atoms with E-state index in [1.165, 1.54) is 28.1 Å². The molecule has 0 saturated heterocycles. The number of anilines is 2. The molecule has 4 aromatic rings. The van der Waals surface area contributed by atoms with E-state index in [4.69, 9.17) is 5.10 Å². The van der Waals surface area contributed by atoms with Crippen LogP contribution >= 0.6 is 0 Å². The van der Waals surface area contributed by atoms with Gasteiger partial charge in [-0.25, -0.2) is 0 Å². The highest BCUT2D eigenvalue weighted by Gasteiger charge is 2.19. The third kappa shape index (κ3) is 3.12. The number of nitrogens with zero attached hydrogens (tertiary/aromatic N) is 4. The second kappa shape index (κ2) is 7.20. The summed E-state index contributed by atoms with van der Waals surface area (Å²) in [6.45, 7) is 5.45. The third-order valence-electron chi connectivity index (χ3n) is 6.03. The first-order valence-corrected chi connectivity index (χ1v) is 10.7. The Bertz CT molecular complexity index is 1230. The van der Waals surface area contributed by atoms with Crippen molar-refractivity contribution in [3.8, 4) is 22.4 Å². The molecule has 2 aromatic heterocycles. The molecule has 6 nitrogen and oxygen atoms in total. The van der Waals surface area contributed by atoms with Gasteiger partial charge in [0.15, 0.2) is 0 Å². The average molecular weight is 401 g/mol. The van der Waals surface area contributed by atoms with Crippen molar-refractivity contribution >= 4 is 22.3 Å². The molecule has 2 aromatic carbocycles. The summed E-state index contributed by atoms with van der Waals surface area (Å²) in [6.07, 6.45) is 6.01. The van der Waals surface area contributed by atoms with Crippen molar-refractivity contribution < 1.29 is 0 Å². The predicted molar refractivity (Wildman–Crippen MR) is 124 cm³/mol. The SMILES string of the molecule is CCc1cc2c(c(-c3ccc4c(c3)c(-c3cnn(C)c3)nn4C)c1)NC(C)CCN2. The van der Waals surface area contributed by atoms with E-state index in [1.807, 2.05) is 35.9 Å². The van der Waals surface area contributed by atoms with Gasteiger partial charge < -0.3 is 10.6 Å². The van der Waals surface area contributed by atoms with E-state index >= 15 is 0 Å². The lowest BCUT2D eigenvalue weighted by Gasteiger charge is -2.19. The van der Waals surface area contributed by atoms with Crippen molar-refractivity contribution in [1.82, 2.24) is 19.6 Å². The second-order valence-electron chi connectivity index (χ2n) is 8.29. The van der Waals surface area contributed by atoms with Gasteiger partial charge in [0.2, 0.25) is 0 Å². The molecule has 0 bridgehead atoms. The highest BCUT2D eigenvalue weighted by molar-refractivity contribution is 5.98. The number of fused-ring (bicyclic) bond motifs is 2. The van der Waals surface area contributed by atoms with Gasteiger partial charge in [-0.05, 0) is 55.2 Å². The molecule has 3 heterocycles. The molecule has 30 heavy (non-hydrogen) atoms. The van der Waals surface area contributed by atoms with Crippen LogP contribution in [0.4, 0.5) is 11.4 Å². The molecular formula is C24H28N6. The summed E-state index contributed by atoms with van der Waals surface area (Å²) in [5, 5.41) is 17.7. The molecule has 2 N–H and O–H groups in total. The highest BCUT2D eigenvalue weighted by atomic mass is 15.3. The number of benzene rings is 2. The molecule has 0 radical (unpaired) electrons. The van der Waals surface area contributed by atoms with Crippen molar-refractivity contribution in [1.29, 1.82) is 0 Å². The Labute approximate surface area is 176 Å². The quantitative estimate of drug-likeness (QED) is 0.518. The summed E-state index contributed by atoms with van der Waals surface area (Å²) in [7, 11) is 3.93. The van der Waals surface area contributed by atoms with Gasteiger partial charge in [-0.2, -0.15) is 10.2 Å². The zero-order chi connectivity index (χ0) is 20.8. The topological polar surface area (TPSA) is 59.7 Å². The van der Waals surface area contributed by atoms with Crippen LogP contribution in [-0.2, 0) is 20.5 Å². The van der Waals surface area contributed by atoms with Gasteiger partial charge in [0.05, 0.1) is 23.1 Å². The first kappa shape index (κ1) is 18.7.